The molecule has 0 fully saturated rings. The first-order chi connectivity index (χ1) is 8.70. The fraction of sp³-hybridized carbons (Fsp3) is 0.200. The highest BCUT2D eigenvalue weighted by atomic mass is 35.5. The maximum absolute atomic E-state index is 6.09. The van der Waals surface area contributed by atoms with Crippen LogP contribution < -0.4 is 10.6 Å². The van der Waals surface area contributed by atoms with Crippen molar-refractivity contribution in [2.24, 2.45) is 0 Å². The molecule has 0 aliphatic heterocycles. The number of halogens is 1. The van der Waals surface area contributed by atoms with E-state index in [2.05, 4.69) is 34.9 Å². The molecule has 0 unspecified atom stereocenters. The largest absolute Gasteiger partial charge is 0.388 e. The molecule has 2 rings (SSSR count). The smallest absolute Gasteiger partial charge is 0.0455 e. The molecule has 2 N–H and O–H groups in total. The fourth-order valence-electron chi connectivity index (χ4n) is 1.79. The first-order valence-electron chi connectivity index (χ1n) is 5.96. The predicted octanol–water partition coefficient (Wildman–Crippen LogP) is 4.30. The Balaban J connectivity index is 2.04. The van der Waals surface area contributed by atoms with Gasteiger partial charge in [-0.3, -0.25) is 0 Å². The monoisotopic (exact) mass is 260 g/mol. The van der Waals surface area contributed by atoms with E-state index < -0.39 is 0 Å². The van der Waals surface area contributed by atoms with Gasteiger partial charge in [-0.2, -0.15) is 0 Å². The SMILES string of the molecule is CNc1ccc(CNc2cccc(Cl)c2C)cc1. The third kappa shape index (κ3) is 2.96. The van der Waals surface area contributed by atoms with Crippen molar-refractivity contribution in [2.45, 2.75) is 13.5 Å². The minimum absolute atomic E-state index is 0.797. The summed E-state index contributed by atoms with van der Waals surface area (Å²) in [5, 5.41) is 7.31. The van der Waals surface area contributed by atoms with Crippen LogP contribution in [0.1, 0.15) is 11.1 Å². The van der Waals surface area contributed by atoms with E-state index >= 15 is 0 Å². The Labute approximate surface area is 113 Å². The lowest BCUT2D eigenvalue weighted by molar-refractivity contribution is 1.14. The molecule has 0 bridgehead atoms. The Morgan fingerprint density at radius 3 is 2.44 bits per heavy atom. The second kappa shape index (κ2) is 5.78. The van der Waals surface area contributed by atoms with Gasteiger partial charge in [0.25, 0.3) is 0 Å². The van der Waals surface area contributed by atoms with Crippen LogP contribution in [0.2, 0.25) is 5.02 Å². The van der Waals surface area contributed by atoms with E-state index in [-0.39, 0.29) is 0 Å². The summed E-state index contributed by atoms with van der Waals surface area (Å²) in [6.45, 7) is 2.82. The van der Waals surface area contributed by atoms with Crippen LogP contribution in [0, 0.1) is 6.92 Å². The van der Waals surface area contributed by atoms with Crippen molar-refractivity contribution >= 4 is 23.0 Å². The molecule has 0 saturated carbocycles. The molecule has 0 aromatic heterocycles. The molecule has 0 atom stereocenters. The molecule has 94 valence electrons. The summed E-state index contributed by atoms with van der Waals surface area (Å²) in [7, 11) is 1.92. The summed E-state index contributed by atoms with van der Waals surface area (Å²) < 4.78 is 0. The molecule has 0 saturated heterocycles. The van der Waals surface area contributed by atoms with Crippen LogP contribution in [0.5, 0.6) is 0 Å². The van der Waals surface area contributed by atoms with Crippen molar-refractivity contribution in [1.29, 1.82) is 0 Å². The third-order valence-electron chi connectivity index (χ3n) is 2.99. The first-order valence-corrected chi connectivity index (χ1v) is 6.34. The first kappa shape index (κ1) is 12.8. The van der Waals surface area contributed by atoms with E-state index in [1.54, 1.807) is 0 Å². The van der Waals surface area contributed by atoms with Crippen molar-refractivity contribution < 1.29 is 0 Å². The lowest BCUT2D eigenvalue weighted by Gasteiger charge is -2.11. The van der Waals surface area contributed by atoms with Crippen LogP contribution in [-0.4, -0.2) is 7.05 Å². The maximum Gasteiger partial charge on any atom is 0.0455 e. The van der Waals surface area contributed by atoms with E-state index in [0.29, 0.717) is 0 Å². The summed E-state index contributed by atoms with van der Waals surface area (Å²) in [6.07, 6.45) is 0. The summed E-state index contributed by atoms with van der Waals surface area (Å²) in [5.74, 6) is 0. The van der Waals surface area contributed by atoms with Gasteiger partial charge in [0, 0.05) is 30.0 Å². The van der Waals surface area contributed by atoms with Crippen LogP contribution in [-0.2, 0) is 6.54 Å². The van der Waals surface area contributed by atoms with Crippen molar-refractivity contribution in [3.8, 4) is 0 Å². The summed E-state index contributed by atoms with van der Waals surface area (Å²) in [5.41, 5.74) is 4.54. The Hall–Kier alpha value is -1.67. The quantitative estimate of drug-likeness (QED) is 0.856. The normalized spacial score (nSPS) is 10.2. The fourth-order valence-corrected chi connectivity index (χ4v) is 1.96. The van der Waals surface area contributed by atoms with Gasteiger partial charge in [-0.15, -0.1) is 0 Å². The van der Waals surface area contributed by atoms with E-state index in [1.807, 2.05) is 32.2 Å². The van der Waals surface area contributed by atoms with Crippen LogP contribution in [0.15, 0.2) is 42.5 Å². The molecule has 0 aliphatic rings. The van der Waals surface area contributed by atoms with Crippen molar-refractivity contribution in [1.82, 2.24) is 0 Å². The van der Waals surface area contributed by atoms with E-state index in [9.17, 15) is 0 Å². The van der Waals surface area contributed by atoms with Gasteiger partial charge in [-0.05, 0) is 42.3 Å². The Kier molecular flexibility index (Phi) is 4.11. The topological polar surface area (TPSA) is 24.1 Å². The molecule has 0 amide bonds. The molecular formula is C15H17ClN2. The second-order valence-corrected chi connectivity index (χ2v) is 4.62. The van der Waals surface area contributed by atoms with Crippen LogP contribution in [0.3, 0.4) is 0 Å². The van der Waals surface area contributed by atoms with Gasteiger partial charge in [0.1, 0.15) is 0 Å². The van der Waals surface area contributed by atoms with E-state index in [4.69, 9.17) is 11.6 Å². The number of hydrogen-bond acceptors (Lipinski definition) is 2. The van der Waals surface area contributed by atoms with Gasteiger partial charge in [-0.25, -0.2) is 0 Å². The average Bonchev–Trinajstić information content (AvgIpc) is 2.41. The molecule has 2 aromatic carbocycles. The zero-order valence-electron chi connectivity index (χ0n) is 10.6. The highest BCUT2D eigenvalue weighted by Gasteiger charge is 2.01. The molecular weight excluding hydrogens is 244 g/mol. The predicted molar refractivity (Wildman–Crippen MR) is 79.5 cm³/mol. The lowest BCUT2D eigenvalue weighted by Crippen LogP contribution is -2.01. The van der Waals surface area contributed by atoms with E-state index in [1.165, 1.54) is 5.56 Å². The Morgan fingerprint density at radius 2 is 1.78 bits per heavy atom. The second-order valence-electron chi connectivity index (χ2n) is 4.21. The number of anilines is 2. The maximum atomic E-state index is 6.09. The Bertz CT molecular complexity index is 521. The zero-order chi connectivity index (χ0) is 13.0. The number of hydrogen-bond donors (Lipinski definition) is 2. The van der Waals surface area contributed by atoms with Crippen LogP contribution >= 0.6 is 11.6 Å². The highest BCUT2D eigenvalue weighted by Crippen LogP contribution is 2.23. The van der Waals surface area contributed by atoms with Crippen molar-refractivity contribution in [3.63, 3.8) is 0 Å². The Morgan fingerprint density at radius 1 is 1.06 bits per heavy atom. The third-order valence-corrected chi connectivity index (χ3v) is 3.40. The number of rotatable bonds is 4. The van der Waals surface area contributed by atoms with Gasteiger partial charge in [-0.1, -0.05) is 29.8 Å². The molecule has 0 aliphatic carbocycles. The van der Waals surface area contributed by atoms with Gasteiger partial charge in [0.15, 0.2) is 0 Å². The van der Waals surface area contributed by atoms with Crippen LogP contribution in [0.4, 0.5) is 11.4 Å². The van der Waals surface area contributed by atoms with Crippen LogP contribution in [0.25, 0.3) is 0 Å². The molecule has 3 heteroatoms. The number of nitrogens with one attached hydrogen (secondary N) is 2. The standard InChI is InChI=1S/C15H17ClN2/c1-11-14(16)4-3-5-15(11)18-10-12-6-8-13(17-2)9-7-12/h3-9,17-18H,10H2,1-2H3. The lowest BCUT2D eigenvalue weighted by atomic mass is 10.1. The van der Waals surface area contributed by atoms with E-state index in [0.717, 1.165) is 28.5 Å². The van der Waals surface area contributed by atoms with Crippen molar-refractivity contribution in [2.75, 3.05) is 17.7 Å². The minimum atomic E-state index is 0.797. The highest BCUT2D eigenvalue weighted by molar-refractivity contribution is 6.31. The summed E-state index contributed by atoms with van der Waals surface area (Å²) in [6, 6.07) is 14.3. The van der Waals surface area contributed by atoms with Gasteiger partial charge in [0.2, 0.25) is 0 Å². The molecule has 2 nitrogen and oxygen atoms in total. The number of benzene rings is 2. The molecule has 2 aromatic rings. The minimum Gasteiger partial charge on any atom is -0.388 e. The van der Waals surface area contributed by atoms with Gasteiger partial charge in [0.05, 0.1) is 0 Å². The summed E-state index contributed by atoms with van der Waals surface area (Å²) >= 11 is 6.09. The molecule has 0 heterocycles. The van der Waals surface area contributed by atoms with Gasteiger partial charge < -0.3 is 10.6 Å². The average molecular weight is 261 g/mol. The van der Waals surface area contributed by atoms with Crippen molar-refractivity contribution in [3.05, 3.63) is 58.6 Å². The summed E-state index contributed by atoms with van der Waals surface area (Å²) in [4.78, 5) is 0. The van der Waals surface area contributed by atoms with Gasteiger partial charge >= 0.3 is 0 Å². The molecule has 18 heavy (non-hydrogen) atoms. The molecule has 0 spiro atoms. The zero-order valence-corrected chi connectivity index (χ0v) is 11.4. The molecule has 0 radical (unpaired) electrons.